The fourth-order valence-corrected chi connectivity index (χ4v) is 1.06. The lowest BCUT2D eigenvalue weighted by molar-refractivity contribution is -0.150. The summed E-state index contributed by atoms with van der Waals surface area (Å²) in [7, 11) is 0. The fraction of sp³-hybridized carbons (Fsp3) is 0.714. The van der Waals surface area contributed by atoms with Crippen LogP contribution in [0.15, 0.2) is 0 Å². The third-order valence-corrected chi connectivity index (χ3v) is 2.21. The van der Waals surface area contributed by atoms with E-state index in [1.807, 2.05) is 0 Å². The van der Waals surface area contributed by atoms with Gasteiger partial charge >= 0.3 is 11.9 Å². The van der Waals surface area contributed by atoms with Crippen LogP contribution in [-0.4, -0.2) is 23.1 Å². The smallest absolute Gasteiger partial charge is 0.313 e. The van der Waals surface area contributed by atoms with Gasteiger partial charge in [0, 0.05) is 0 Å². The monoisotopic (exact) mass is 158 g/mol. The second-order valence-corrected chi connectivity index (χ2v) is 3.03. The Morgan fingerprint density at radius 1 is 1.82 bits per heavy atom. The normalized spacial score (nSPS) is 36.9. The molecule has 0 amide bonds. The Hall–Kier alpha value is -1.06. The number of carboxylic acid groups (broad SMARTS) is 1. The number of carbonyl (C=O) groups is 2. The first-order valence-electron chi connectivity index (χ1n) is 3.39. The van der Waals surface area contributed by atoms with Crippen molar-refractivity contribution in [2.24, 2.45) is 5.41 Å². The highest BCUT2D eigenvalue weighted by atomic mass is 16.6. The molecule has 1 fully saturated rings. The molecule has 62 valence electrons. The molecule has 4 nitrogen and oxygen atoms in total. The second-order valence-electron chi connectivity index (χ2n) is 3.03. The van der Waals surface area contributed by atoms with E-state index in [-0.39, 0.29) is 6.42 Å². The summed E-state index contributed by atoms with van der Waals surface area (Å²) < 4.78 is 4.72. The molecular weight excluding hydrogens is 148 g/mol. The number of aliphatic carboxylic acids is 1. The summed E-state index contributed by atoms with van der Waals surface area (Å²) >= 11 is 0. The molecule has 0 bridgehead atoms. The quantitative estimate of drug-likeness (QED) is 0.561. The van der Waals surface area contributed by atoms with Gasteiger partial charge in [-0.15, -0.1) is 0 Å². The Labute approximate surface area is 64.2 Å². The van der Waals surface area contributed by atoms with Gasteiger partial charge in [-0.3, -0.25) is 9.59 Å². The van der Waals surface area contributed by atoms with E-state index in [0.29, 0.717) is 0 Å². The molecule has 0 aromatic rings. The predicted molar refractivity (Wildman–Crippen MR) is 35.9 cm³/mol. The molecular formula is C7H10O4. The molecule has 4 heteroatoms. The molecule has 0 saturated carbocycles. The Kier molecular flexibility index (Phi) is 1.62. The number of esters is 1. The van der Waals surface area contributed by atoms with Crippen molar-refractivity contribution in [3.05, 3.63) is 0 Å². The Morgan fingerprint density at radius 3 is 2.55 bits per heavy atom. The number of carboxylic acids is 1. The Morgan fingerprint density at radius 2 is 2.36 bits per heavy atom. The van der Waals surface area contributed by atoms with E-state index in [1.54, 1.807) is 6.92 Å². The molecule has 0 spiro atoms. The first-order valence-corrected chi connectivity index (χ1v) is 3.39. The molecule has 0 aromatic carbocycles. The molecule has 1 rings (SSSR count). The largest absolute Gasteiger partial charge is 0.481 e. The number of rotatable bonds is 1. The van der Waals surface area contributed by atoms with Crippen LogP contribution in [0.4, 0.5) is 0 Å². The Bertz CT molecular complexity index is 210. The van der Waals surface area contributed by atoms with Gasteiger partial charge in [0.05, 0.1) is 6.42 Å². The Balaban J connectivity index is 2.87. The molecule has 0 aliphatic carbocycles. The van der Waals surface area contributed by atoms with Crippen LogP contribution in [-0.2, 0) is 14.3 Å². The molecule has 1 saturated heterocycles. The van der Waals surface area contributed by atoms with Gasteiger partial charge in [-0.2, -0.15) is 0 Å². The summed E-state index contributed by atoms with van der Waals surface area (Å²) in [6.45, 7) is 3.12. The molecule has 1 aliphatic rings. The number of hydrogen-bond donors (Lipinski definition) is 1. The van der Waals surface area contributed by atoms with Crippen molar-refractivity contribution in [1.29, 1.82) is 0 Å². The SMILES string of the molecule is C[C@H]1OC(=O)C[C@]1(C)C(=O)O. The third-order valence-electron chi connectivity index (χ3n) is 2.21. The van der Waals surface area contributed by atoms with Crippen LogP contribution in [0.25, 0.3) is 0 Å². The summed E-state index contributed by atoms with van der Waals surface area (Å²) in [5, 5.41) is 8.73. The van der Waals surface area contributed by atoms with Gasteiger partial charge in [0.2, 0.25) is 0 Å². The first kappa shape index (κ1) is 8.04. The van der Waals surface area contributed by atoms with Crippen LogP contribution >= 0.6 is 0 Å². The van der Waals surface area contributed by atoms with Crippen LogP contribution in [0.1, 0.15) is 20.3 Å². The third kappa shape index (κ3) is 1.08. The average molecular weight is 158 g/mol. The van der Waals surface area contributed by atoms with Gasteiger partial charge in [-0.05, 0) is 13.8 Å². The highest BCUT2D eigenvalue weighted by Gasteiger charge is 2.48. The summed E-state index contributed by atoms with van der Waals surface area (Å²) in [6.07, 6.45) is -0.545. The minimum Gasteiger partial charge on any atom is -0.481 e. The van der Waals surface area contributed by atoms with E-state index in [4.69, 9.17) is 9.84 Å². The van der Waals surface area contributed by atoms with E-state index in [2.05, 4.69) is 0 Å². The lowest BCUT2D eigenvalue weighted by Gasteiger charge is -2.19. The van der Waals surface area contributed by atoms with E-state index in [0.717, 1.165) is 0 Å². The van der Waals surface area contributed by atoms with Gasteiger partial charge in [-0.1, -0.05) is 0 Å². The maximum absolute atomic E-state index is 10.7. The first-order chi connectivity index (χ1) is 4.97. The van der Waals surface area contributed by atoms with Crippen molar-refractivity contribution >= 4 is 11.9 Å². The maximum atomic E-state index is 10.7. The minimum atomic E-state index is -1.03. The molecule has 0 unspecified atom stereocenters. The van der Waals surface area contributed by atoms with Gasteiger partial charge in [0.1, 0.15) is 11.5 Å². The molecule has 1 heterocycles. The van der Waals surface area contributed by atoms with Gasteiger partial charge in [-0.25, -0.2) is 0 Å². The standard InChI is InChI=1S/C7H10O4/c1-4-7(2,6(9)10)3-5(8)11-4/h4H,3H2,1-2H3,(H,9,10)/t4-,7+/m1/s1. The van der Waals surface area contributed by atoms with E-state index >= 15 is 0 Å². The predicted octanol–water partition coefficient (Wildman–Crippen LogP) is 0.413. The lowest BCUT2D eigenvalue weighted by Crippen LogP contribution is -2.33. The van der Waals surface area contributed by atoms with Gasteiger partial charge in [0.25, 0.3) is 0 Å². The van der Waals surface area contributed by atoms with Crippen LogP contribution in [0, 0.1) is 5.41 Å². The summed E-state index contributed by atoms with van der Waals surface area (Å²) in [5.74, 6) is -1.40. The van der Waals surface area contributed by atoms with Crippen LogP contribution in [0.5, 0.6) is 0 Å². The molecule has 0 radical (unpaired) electrons. The highest BCUT2D eigenvalue weighted by molar-refractivity contribution is 5.85. The van der Waals surface area contributed by atoms with E-state index < -0.39 is 23.5 Å². The molecule has 0 aromatic heterocycles. The molecule has 1 aliphatic heterocycles. The van der Waals surface area contributed by atoms with E-state index in [1.165, 1.54) is 6.92 Å². The fourth-order valence-electron chi connectivity index (χ4n) is 1.06. The van der Waals surface area contributed by atoms with Crippen molar-refractivity contribution < 1.29 is 19.4 Å². The number of hydrogen-bond acceptors (Lipinski definition) is 3. The second kappa shape index (κ2) is 2.22. The summed E-state index contributed by atoms with van der Waals surface area (Å²) in [5.41, 5.74) is -1.03. The van der Waals surface area contributed by atoms with Crippen molar-refractivity contribution in [3.63, 3.8) is 0 Å². The molecule has 2 atom stereocenters. The lowest BCUT2D eigenvalue weighted by atomic mass is 9.84. The summed E-state index contributed by atoms with van der Waals surface area (Å²) in [6, 6.07) is 0. The molecule has 11 heavy (non-hydrogen) atoms. The van der Waals surface area contributed by atoms with Crippen LogP contribution in [0.3, 0.4) is 0 Å². The van der Waals surface area contributed by atoms with Crippen molar-refractivity contribution in [1.82, 2.24) is 0 Å². The van der Waals surface area contributed by atoms with Crippen LogP contribution < -0.4 is 0 Å². The number of ether oxygens (including phenoxy) is 1. The van der Waals surface area contributed by atoms with Crippen molar-refractivity contribution in [2.75, 3.05) is 0 Å². The number of carbonyl (C=O) groups excluding carboxylic acids is 1. The van der Waals surface area contributed by atoms with E-state index in [9.17, 15) is 9.59 Å². The summed E-state index contributed by atoms with van der Waals surface area (Å²) in [4.78, 5) is 21.3. The van der Waals surface area contributed by atoms with Crippen LogP contribution in [0.2, 0.25) is 0 Å². The number of cyclic esters (lactones) is 1. The zero-order valence-electron chi connectivity index (χ0n) is 6.46. The maximum Gasteiger partial charge on any atom is 0.313 e. The minimum absolute atomic E-state index is 0.0243. The zero-order chi connectivity index (χ0) is 8.65. The van der Waals surface area contributed by atoms with Gasteiger partial charge in [0.15, 0.2) is 0 Å². The topological polar surface area (TPSA) is 63.6 Å². The average Bonchev–Trinajstić information content (AvgIpc) is 2.08. The van der Waals surface area contributed by atoms with Crippen molar-refractivity contribution in [2.45, 2.75) is 26.4 Å². The van der Waals surface area contributed by atoms with Crippen molar-refractivity contribution in [3.8, 4) is 0 Å². The van der Waals surface area contributed by atoms with Gasteiger partial charge < -0.3 is 9.84 Å². The molecule has 1 N–H and O–H groups in total. The highest BCUT2D eigenvalue weighted by Crippen LogP contribution is 2.35. The zero-order valence-corrected chi connectivity index (χ0v) is 6.46.